The summed E-state index contributed by atoms with van der Waals surface area (Å²) in [7, 11) is 1.65. The molecule has 2 rings (SSSR count). The first-order valence-corrected chi connectivity index (χ1v) is 6.99. The molecule has 0 saturated carbocycles. The van der Waals surface area contributed by atoms with Crippen LogP contribution in [0.1, 0.15) is 6.42 Å². The molecule has 0 radical (unpaired) electrons. The normalized spacial score (nSPS) is 10.1. The molecule has 2 aromatic rings. The molecular formula is C17H20N2O2. The van der Waals surface area contributed by atoms with Crippen LogP contribution in [0.4, 0.5) is 10.5 Å². The Morgan fingerprint density at radius 1 is 1.05 bits per heavy atom. The van der Waals surface area contributed by atoms with Crippen molar-refractivity contribution in [1.82, 2.24) is 5.32 Å². The lowest BCUT2D eigenvalue weighted by molar-refractivity contribution is 0.194. The number of hydrogen-bond acceptors (Lipinski definition) is 2. The fourth-order valence-electron chi connectivity index (χ4n) is 2.05. The number of rotatable bonds is 6. The van der Waals surface area contributed by atoms with Gasteiger partial charge in [-0.3, -0.25) is 0 Å². The summed E-state index contributed by atoms with van der Waals surface area (Å²) in [5.41, 5.74) is 2.88. The summed E-state index contributed by atoms with van der Waals surface area (Å²) in [4.78, 5) is 11.9. The predicted molar refractivity (Wildman–Crippen MR) is 85.4 cm³/mol. The van der Waals surface area contributed by atoms with Gasteiger partial charge in [0.25, 0.3) is 0 Å². The highest BCUT2D eigenvalue weighted by Gasteiger charge is 2.07. The number of amides is 2. The Morgan fingerprint density at radius 3 is 2.52 bits per heavy atom. The van der Waals surface area contributed by atoms with E-state index in [9.17, 15) is 4.79 Å². The summed E-state index contributed by atoms with van der Waals surface area (Å²) in [5, 5.41) is 5.71. The number of nitrogens with one attached hydrogen (secondary N) is 2. The van der Waals surface area contributed by atoms with Crippen LogP contribution >= 0.6 is 0 Å². The van der Waals surface area contributed by atoms with E-state index in [1.54, 1.807) is 7.11 Å². The second-order valence-corrected chi connectivity index (χ2v) is 4.64. The van der Waals surface area contributed by atoms with E-state index in [4.69, 9.17) is 4.74 Å². The number of carbonyl (C=O) groups is 1. The first-order chi connectivity index (χ1) is 10.3. The lowest BCUT2D eigenvalue weighted by atomic mass is 10.0. The molecule has 0 aliphatic carbocycles. The van der Waals surface area contributed by atoms with Gasteiger partial charge in [0.15, 0.2) is 0 Å². The number of para-hydroxylation sites is 1. The maximum atomic E-state index is 11.9. The molecular weight excluding hydrogens is 264 g/mol. The maximum Gasteiger partial charge on any atom is 0.319 e. The second kappa shape index (κ2) is 8.07. The van der Waals surface area contributed by atoms with Crippen molar-refractivity contribution in [3.05, 3.63) is 54.6 Å². The third-order valence-electron chi connectivity index (χ3n) is 3.07. The highest BCUT2D eigenvalue weighted by Crippen LogP contribution is 2.27. The number of carbonyl (C=O) groups excluding carboxylic acids is 1. The number of ether oxygens (including phenoxy) is 1. The van der Waals surface area contributed by atoms with E-state index >= 15 is 0 Å². The zero-order valence-corrected chi connectivity index (χ0v) is 12.1. The average molecular weight is 284 g/mol. The molecule has 0 fully saturated rings. The standard InChI is InChI=1S/C17H20N2O2/c1-21-13-7-12-18-17(20)19-16-11-6-5-10-15(16)14-8-3-2-4-9-14/h2-6,8-11H,7,12-13H2,1H3,(H2,18,19,20). The van der Waals surface area contributed by atoms with Gasteiger partial charge in [-0.05, 0) is 18.1 Å². The molecule has 0 unspecified atom stereocenters. The summed E-state index contributed by atoms with van der Waals surface area (Å²) >= 11 is 0. The van der Waals surface area contributed by atoms with Gasteiger partial charge in [-0.2, -0.15) is 0 Å². The van der Waals surface area contributed by atoms with Crippen LogP contribution in [0.5, 0.6) is 0 Å². The van der Waals surface area contributed by atoms with Crippen molar-refractivity contribution in [2.45, 2.75) is 6.42 Å². The summed E-state index contributed by atoms with van der Waals surface area (Å²) in [6.07, 6.45) is 0.796. The summed E-state index contributed by atoms with van der Waals surface area (Å²) in [6, 6.07) is 17.6. The molecule has 0 aliphatic rings. The van der Waals surface area contributed by atoms with E-state index in [-0.39, 0.29) is 6.03 Å². The Bertz CT molecular complexity index is 570. The molecule has 4 nitrogen and oxygen atoms in total. The topological polar surface area (TPSA) is 50.4 Å². The van der Waals surface area contributed by atoms with Crippen LogP contribution in [0.25, 0.3) is 11.1 Å². The molecule has 0 aliphatic heterocycles. The minimum Gasteiger partial charge on any atom is -0.385 e. The van der Waals surface area contributed by atoms with Crippen LogP contribution < -0.4 is 10.6 Å². The highest BCUT2D eigenvalue weighted by atomic mass is 16.5. The molecule has 0 heterocycles. The van der Waals surface area contributed by atoms with E-state index in [1.165, 1.54) is 0 Å². The van der Waals surface area contributed by atoms with Crippen LogP contribution in [0, 0.1) is 0 Å². The van der Waals surface area contributed by atoms with Crippen molar-refractivity contribution in [2.75, 3.05) is 25.6 Å². The summed E-state index contributed by atoms with van der Waals surface area (Å²) in [5.74, 6) is 0. The molecule has 4 heteroatoms. The third-order valence-corrected chi connectivity index (χ3v) is 3.07. The highest BCUT2D eigenvalue weighted by molar-refractivity contribution is 5.94. The Hall–Kier alpha value is -2.33. The van der Waals surface area contributed by atoms with Crippen molar-refractivity contribution in [1.29, 1.82) is 0 Å². The van der Waals surface area contributed by atoms with E-state index in [2.05, 4.69) is 10.6 Å². The first kappa shape index (κ1) is 15.1. The van der Waals surface area contributed by atoms with Gasteiger partial charge in [0.05, 0.1) is 5.69 Å². The van der Waals surface area contributed by atoms with Gasteiger partial charge < -0.3 is 15.4 Å². The predicted octanol–water partition coefficient (Wildman–Crippen LogP) is 3.51. The average Bonchev–Trinajstić information content (AvgIpc) is 2.53. The SMILES string of the molecule is COCCCNC(=O)Nc1ccccc1-c1ccccc1. The van der Waals surface area contributed by atoms with Crippen molar-refractivity contribution in [3.8, 4) is 11.1 Å². The number of benzene rings is 2. The molecule has 2 N–H and O–H groups in total. The van der Waals surface area contributed by atoms with Gasteiger partial charge >= 0.3 is 6.03 Å². The molecule has 2 amide bonds. The van der Waals surface area contributed by atoms with E-state index in [1.807, 2.05) is 54.6 Å². The van der Waals surface area contributed by atoms with Crippen LogP contribution in [0.15, 0.2) is 54.6 Å². The number of methoxy groups -OCH3 is 1. The molecule has 0 aromatic heterocycles. The van der Waals surface area contributed by atoms with Crippen LogP contribution in [0.3, 0.4) is 0 Å². The van der Waals surface area contributed by atoms with Gasteiger partial charge in [-0.1, -0.05) is 48.5 Å². The molecule has 0 saturated heterocycles. The Morgan fingerprint density at radius 2 is 1.76 bits per heavy atom. The molecule has 21 heavy (non-hydrogen) atoms. The van der Waals surface area contributed by atoms with Gasteiger partial charge in [0.2, 0.25) is 0 Å². The number of urea groups is 1. The molecule has 0 atom stereocenters. The van der Waals surface area contributed by atoms with Gasteiger partial charge in [0.1, 0.15) is 0 Å². The minimum absolute atomic E-state index is 0.200. The van der Waals surface area contributed by atoms with Crippen molar-refractivity contribution in [3.63, 3.8) is 0 Å². The zero-order chi connectivity index (χ0) is 14.9. The summed E-state index contributed by atoms with van der Waals surface area (Å²) < 4.78 is 4.95. The number of hydrogen-bond donors (Lipinski definition) is 2. The largest absolute Gasteiger partial charge is 0.385 e. The van der Waals surface area contributed by atoms with E-state index in [0.29, 0.717) is 13.2 Å². The molecule has 110 valence electrons. The third kappa shape index (κ3) is 4.61. The Balaban J connectivity index is 2.02. The molecule has 2 aromatic carbocycles. The maximum absolute atomic E-state index is 11.9. The minimum atomic E-state index is -0.200. The van der Waals surface area contributed by atoms with Gasteiger partial charge in [-0.25, -0.2) is 4.79 Å². The van der Waals surface area contributed by atoms with Crippen molar-refractivity contribution < 1.29 is 9.53 Å². The van der Waals surface area contributed by atoms with Crippen molar-refractivity contribution >= 4 is 11.7 Å². The molecule has 0 spiro atoms. The first-order valence-electron chi connectivity index (χ1n) is 6.99. The summed E-state index contributed by atoms with van der Waals surface area (Å²) in [6.45, 7) is 1.23. The molecule has 0 bridgehead atoms. The van der Waals surface area contributed by atoms with E-state index < -0.39 is 0 Å². The zero-order valence-electron chi connectivity index (χ0n) is 12.1. The Kier molecular flexibility index (Phi) is 5.79. The van der Waals surface area contributed by atoms with Crippen molar-refractivity contribution in [2.24, 2.45) is 0 Å². The van der Waals surface area contributed by atoms with E-state index in [0.717, 1.165) is 23.2 Å². The quantitative estimate of drug-likeness (QED) is 0.797. The lowest BCUT2D eigenvalue weighted by Crippen LogP contribution is -2.30. The van der Waals surface area contributed by atoms with Crippen LogP contribution in [-0.4, -0.2) is 26.3 Å². The second-order valence-electron chi connectivity index (χ2n) is 4.64. The van der Waals surface area contributed by atoms with Gasteiger partial charge in [0, 0.05) is 25.8 Å². The monoisotopic (exact) mass is 284 g/mol. The van der Waals surface area contributed by atoms with Gasteiger partial charge in [-0.15, -0.1) is 0 Å². The fourth-order valence-corrected chi connectivity index (χ4v) is 2.05. The smallest absolute Gasteiger partial charge is 0.319 e. The van der Waals surface area contributed by atoms with Crippen LogP contribution in [-0.2, 0) is 4.74 Å². The van der Waals surface area contributed by atoms with Crippen LogP contribution in [0.2, 0.25) is 0 Å². The lowest BCUT2D eigenvalue weighted by Gasteiger charge is -2.12. The Labute approximate surface area is 125 Å². The fraction of sp³-hybridized carbons (Fsp3) is 0.235. The number of anilines is 1.